The fourth-order valence-corrected chi connectivity index (χ4v) is 3.78. The van der Waals surface area contributed by atoms with Crippen LogP contribution in [-0.4, -0.2) is 16.9 Å². The minimum atomic E-state index is -0.924. The molecule has 0 amide bonds. The van der Waals surface area contributed by atoms with Crippen LogP contribution in [0, 0.1) is 0 Å². The fraction of sp³-hybridized carbons (Fsp3) is 0.0526. The molecule has 0 bridgehead atoms. The Kier molecular flexibility index (Phi) is 4.79. The van der Waals surface area contributed by atoms with Crippen LogP contribution in [0.2, 0.25) is 5.02 Å². The van der Waals surface area contributed by atoms with Gasteiger partial charge in [0.2, 0.25) is 5.78 Å². The number of carboxylic acid groups (broad SMARTS) is 1. The zero-order valence-corrected chi connectivity index (χ0v) is 14.1. The number of rotatable bonds is 5. The van der Waals surface area contributed by atoms with E-state index in [4.69, 9.17) is 16.7 Å². The Morgan fingerprint density at radius 1 is 1.00 bits per heavy atom. The molecule has 0 aliphatic rings. The van der Waals surface area contributed by atoms with Gasteiger partial charge in [-0.15, -0.1) is 11.3 Å². The number of thiophene rings is 1. The van der Waals surface area contributed by atoms with E-state index in [0.29, 0.717) is 21.0 Å². The summed E-state index contributed by atoms with van der Waals surface area (Å²) in [6, 6.07) is 17.9. The van der Waals surface area contributed by atoms with Gasteiger partial charge in [0.05, 0.1) is 11.3 Å². The summed E-state index contributed by atoms with van der Waals surface area (Å²) in [5, 5.41) is 9.63. The lowest BCUT2D eigenvalue weighted by Gasteiger charge is -2.00. The van der Waals surface area contributed by atoms with Gasteiger partial charge in [0.1, 0.15) is 0 Å². The summed E-state index contributed by atoms with van der Waals surface area (Å²) in [5.41, 5.74) is 2.04. The van der Waals surface area contributed by atoms with Crippen molar-refractivity contribution in [3.8, 4) is 10.4 Å². The van der Waals surface area contributed by atoms with Crippen molar-refractivity contribution in [1.29, 1.82) is 0 Å². The molecule has 0 aliphatic carbocycles. The molecule has 0 saturated heterocycles. The quantitative estimate of drug-likeness (QED) is 0.660. The molecule has 1 aromatic heterocycles. The summed E-state index contributed by atoms with van der Waals surface area (Å²) in [6.45, 7) is 0. The second kappa shape index (κ2) is 6.99. The van der Waals surface area contributed by atoms with E-state index < -0.39 is 5.97 Å². The van der Waals surface area contributed by atoms with Gasteiger partial charge in [-0.3, -0.25) is 9.59 Å². The van der Waals surface area contributed by atoms with Crippen molar-refractivity contribution >= 4 is 34.7 Å². The van der Waals surface area contributed by atoms with E-state index in [1.54, 1.807) is 30.3 Å². The average molecular weight is 357 g/mol. The number of hydrogen-bond acceptors (Lipinski definition) is 3. The van der Waals surface area contributed by atoms with Crippen molar-refractivity contribution in [2.75, 3.05) is 0 Å². The summed E-state index contributed by atoms with van der Waals surface area (Å²) >= 11 is 7.26. The maximum Gasteiger partial charge on any atom is 0.307 e. The third-order valence-corrected chi connectivity index (χ3v) is 4.96. The molecule has 0 fully saturated rings. The normalized spacial score (nSPS) is 10.5. The van der Waals surface area contributed by atoms with Gasteiger partial charge in [-0.05, 0) is 29.3 Å². The summed E-state index contributed by atoms with van der Waals surface area (Å²) in [6.07, 6.45) is -0.121. The largest absolute Gasteiger partial charge is 0.481 e. The smallest absolute Gasteiger partial charge is 0.307 e. The molecule has 1 N–H and O–H groups in total. The predicted molar refractivity (Wildman–Crippen MR) is 96.0 cm³/mol. The number of carbonyl (C=O) groups excluding carboxylic acids is 1. The Hall–Kier alpha value is -2.43. The fourth-order valence-electron chi connectivity index (χ4n) is 2.44. The third kappa shape index (κ3) is 3.55. The monoisotopic (exact) mass is 356 g/mol. The van der Waals surface area contributed by atoms with Gasteiger partial charge in [-0.2, -0.15) is 0 Å². The van der Waals surface area contributed by atoms with Crippen LogP contribution in [0.5, 0.6) is 0 Å². The van der Waals surface area contributed by atoms with Gasteiger partial charge in [-0.1, -0.05) is 54.1 Å². The topological polar surface area (TPSA) is 54.4 Å². The van der Waals surface area contributed by atoms with E-state index in [0.717, 1.165) is 10.4 Å². The lowest BCUT2D eigenvalue weighted by molar-refractivity contribution is -0.136. The van der Waals surface area contributed by atoms with Crippen molar-refractivity contribution in [2.45, 2.75) is 6.42 Å². The van der Waals surface area contributed by atoms with Gasteiger partial charge in [0.15, 0.2) is 0 Å². The Morgan fingerprint density at radius 2 is 1.75 bits per heavy atom. The van der Waals surface area contributed by atoms with E-state index in [1.807, 2.05) is 30.3 Å². The van der Waals surface area contributed by atoms with E-state index in [2.05, 4.69) is 0 Å². The Labute approximate surface area is 148 Å². The Balaban J connectivity index is 2.05. The van der Waals surface area contributed by atoms with Crippen molar-refractivity contribution in [2.24, 2.45) is 0 Å². The van der Waals surface area contributed by atoms with E-state index >= 15 is 0 Å². The van der Waals surface area contributed by atoms with E-state index in [9.17, 15) is 9.59 Å². The number of benzene rings is 2. The van der Waals surface area contributed by atoms with Crippen LogP contribution < -0.4 is 0 Å². The standard InChI is InChI=1S/C19H13ClO3S/c20-15-8-4-7-13(9-15)18(23)16-10-14(11-17(21)22)19(24-16)12-5-2-1-3-6-12/h1-10H,11H2,(H,21,22). The highest BCUT2D eigenvalue weighted by Crippen LogP contribution is 2.34. The molecule has 2 aromatic carbocycles. The van der Waals surface area contributed by atoms with Gasteiger partial charge in [0, 0.05) is 15.5 Å². The molecule has 0 radical (unpaired) electrons. The Morgan fingerprint density at radius 3 is 2.42 bits per heavy atom. The second-order valence-electron chi connectivity index (χ2n) is 5.24. The highest BCUT2D eigenvalue weighted by molar-refractivity contribution is 7.17. The minimum Gasteiger partial charge on any atom is -0.481 e. The number of ketones is 1. The first-order valence-electron chi connectivity index (χ1n) is 7.25. The molecule has 3 aromatic rings. The van der Waals surface area contributed by atoms with Crippen molar-refractivity contribution in [1.82, 2.24) is 0 Å². The lowest BCUT2D eigenvalue weighted by Crippen LogP contribution is -2.01. The van der Waals surface area contributed by atoms with Crippen molar-refractivity contribution < 1.29 is 14.7 Å². The summed E-state index contributed by atoms with van der Waals surface area (Å²) in [5.74, 6) is -1.08. The molecule has 120 valence electrons. The van der Waals surface area contributed by atoms with Crippen LogP contribution in [0.3, 0.4) is 0 Å². The van der Waals surface area contributed by atoms with E-state index in [-0.39, 0.29) is 12.2 Å². The maximum atomic E-state index is 12.7. The number of hydrogen-bond donors (Lipinski definition) is 1. The van der Waals surface area contributed by atoms with Gasteiger partial charge >= 0.3 is 5.97 Å². The predicted octanol–water partition coefficient (Wildman–Crippen LogP) is 4.93. The molecule has 0 atom stereocenters. The zero-order chi connectivity index (χ0) is 17.1. The van der Waals surface area contributed by atoms with Crippen LogP contribution in [0.15, 0.2) is 60.7 Å². The summed E-state index contributed by atoms with van der Waals surface area (Å²) < 4.78 is 0. The van der Waals surface area contributed by atoms with Gasteiger partial charge in [0.25, 0.3) is 0 Å². The molecule has 0 aliphatic heterocycles. The molecule has 3 rings (SSSR count). The molecule has 0 saturated carbocycles. The Bertz CT molecular complexity index is 900. The van der Waals surface area contributed by atoms with E-state index in [1.165, 1.54) is 11.3 Å². The van der Waals surface area contributed by atoms with Crippen molar-refractivity contribution in [3.63, 3.8) is 0 Å². The first kappa shape index (κ1) is 16.4. The van der Waals surface area contributed by atoms with Crippen LogP contribution in [0.25, 0.3) is 10.4 Å². The molecule has 1 heterocycles. The number of aliphatic carboxylic acids is 1. The van der Waals surface area contributed by atoms with Crippen LogP contribution in [0.4, 0.5) is 0 Å². The summed E-state index contributed by atoms with van der Waals surface area (Å²) in [4.78, 5) is 25.1. The molecule has 5 heteroatoms. The highest BCUT2D eigenvalue weighted by Gasteiger charge is 2.19. The molecular formula is C19H13ClO3S. The van der Waals surface area contributed by atoms with Crippen molar-refractivity contribution in [3.05, 3.63) is 81.7 Å². The van der Waals surface area contributed by atoms with Gasteiger partial charge < -0.3 is 5.11 Å². The van der Waals surface area contributed by atoms with Gasteiger partial charge in [-0.25, -0.2) is 0 Å². The SMILES string of the molecule is O=C(O)Cc1cc(C(=O)c2cccc(Cl)c2)sc1-c1ccccc1. The zero-order valence-electron chi connectivity index (χ0n) is 12.5. The second-order valence-corrected chi connectivity index (χ2v) is 6.73. The van der Waals surface area contributed by atoms with Crippen LogP contribution in [0.1, 0.15) is 20.8 Å². The number of halogens is 1. The molecule has 3 nitrogen and oxygen atoms in total. The molecule has 0 unspecified atom stereocenters. The highest BCUT2D eigenvalue weighted by atomic mass is 35.5. The summed E-state index contributed by atoms with van der Waals surface area (Å²) in [7, 11) is 0. The van der Waals surface area contributed by atoms with Crippen LogP contribution >= 0.6 is 22.9 Å². The third-order valence-electron chi connectivity index (χ3n) is 3.50. The molecular weight excluding hydrogens is 344 g/mol. The first-order chi connectivity index (χ1) is 11.5. The minimum absolute atomic E-state index is 0.121. The number of carboxylic acids is 1. The lowest BCUT2D eigenvalue weighted by atomic mass is 10.1. The number of carbonyl (C=O) groups is 2. The first-order valence-corrected chi connectivity index (χ1v) is 8.44. The maximum absolute atomic E-state index is 12.7. The molecule has 0 spiro atoms. The molecule has 24 heavy (non-hydrogen) atoms. The van der Waals surface area contributed by atoms with Crippen LogP contribution in [-0.2, 0) is 11.2 Å². The average Bonchev–Trinajstić information content (AvgIpc) is 2.98.